The Morgan fingerprint density at radius 3 is 0.870 bits per heavy atom. The van der Waals surface area contributed by atoms with Crippen molar-refractivity contribution in [3.05, 3.63) is 0 Å². The molecule has 0 saturated heterocycles. The van der Waals surface area contributed by atoms with Crippen molar-refractivity contribution in [1.29, 1.82) is 0 Å². The minimum Gasteiger partial charge on any atom is -0.412 e. The predicted octanol–water partition coefficient (Wildman–Crippen LogP) is 2.77. The Kier molecular flexibility index (Phi) is 21.2. The Bertz CT molecular complexity index is 193. The summed E-state index contributed by atoms with van der Waals surface area (Å²) in [5.74, 6) is 0. The van der Waals surface area contributed by atoms with Gasteiger partial charge in [-0.1, -0.05) is 53.4 Å². The molecular formula is C16H42O5PSi+. The second kappa shape index (κ2) is 17.3. The first-order valence-electron chi connectivity index (χ1n) is 8.99. The van der Waals surface area contributed by atoms with Crippen LogP contribution in [0.2, 0.25) is 0 Å². The molecule has 0 atom stereocenters. The Morgan fingerprint density at radius 2 is 0.739 bits per heavy atom. The lowest BCUT2D eigenvalue weighted by molar-refractivity contribution is 0.117. The average molecular weight is 374 g/mol. The molecule has 0 heterocycles. The molecule has 23 heavy (non-hydrogen) atoms. The zero-order valence-electron chi connectivity index (χ0n) is 15.7. The fourth-order valence-corrected chi connectivity index (χ4v) is 7.93. The normalized spacial score (nSPS) is 11.5. The van der Waals surface area contributed by atoms with Crippen LogP contribution in [0.25, 0.3) is 0 Å². The van der Waals surface area contributed by atoms with E-state index >= 15 is 0 Å². The fourth-order valence-electron chi connectivity index (χ4n) is 2.64. The van der Waals surface area contributed by atoms with Crippen molar-refractivity contribution < 1.29 is 24.7 Å². The summed E-state index contributed by atoms with van der Waals surface area (Å²) in [5.41, 5.74) is 0. The SMILES string of the molecule is CCCC[P+](CCCC)(CCCC)CCCC.O.O[Si](O)(O)O. The zero-order chi connectivity index (χ0) is 17.5. The van der Waals surface area contributed by atoms with Crippen LogP contribution in [0.1, 0.15) is 79.1 Å². The van der Waals surface area contributed by atoms with E-state index in [1.54, 1.807) is 24.6 Å². The van der Waals surface area contributed by atoms with E-state index < -0.39 is 16.3 Å². The van der Waals surface area contributed by atoms with Crippen LogP contribution in [0.15, 0.2) is 0 Å². The molecule has 0 aromatic rings. The third-order valence-corrected chi connectivity index (χ3v) is 9.00. The van der Waals surface area contributed by atoms with Gasteiger partial charge in [0.25, 0.3) is 0 Å². The van der Waals surface area contributed by atoms with Crippen LogP contribution >= 0.6 is 7.26 Å². The third-order valence-electron chi connectivity index (χ3n) is 3.94. The first kappa shape index (κ1) is 28.3. The molecule has 5 nitrogen and oxygen atoms in total. The molecule has 0 aliphatic heterocycles. The number of rotatable bonds is 12. The van der Waals surface area contributed by atoms with Gasteiger partial charge in [-0.3, -0.25) is 0 Å². The largest absolute Gasteiger partial charge is 0.668 e. The minimum atomic E-state index is -4.61. The smallest absolute Gasteiger partial charge is 0.412 e. The molecule has 6 N–H and O–H groups in total. The molecule has 0 radical (unpaired) electrons. The van der Waals surface area contributed by atoms with E-state index in [0.29, 0.717) is 0 Å². The van der Waals surface area contributed by atoms with Crippen LogP contribution in [0, 0.1) is 0 Å². The third kappa shape index (κ3) is 22.4. The second-order valence-corrected chi connectivity index (χ2v) is 11.9. The molecular weight excluding hydrogens is 331 g/mol. The van der Waals surface area contributed by atoms with Crippen LogP contribution in [0.3, 0.4) is 0 Å². The predicted molar refractivity (Wildman–Crippen MR) is 104 cm³/mol. The van der Waals surface area contributed by atoms with Gasteiger partial charge in [-0.25, -0.2) is 0 Å². The molecule has 0 spiro atoms. The van der Waals surface area contributed by atoms with Gasteiger partial charge in [0.1, 0.15) is 0 Å². The monoisotopic (exact) mass is 373 g/mol. The van der Waals surface area contributed by atoms with Gasteiger partial charge in [0.15, 0.2) is 0 Å². The summed E-state index contributed by atoms with van der Waals surface area (Å²) in [6.07, 6.45) is 17.9. The molecule has 0 unspecified atom stereocenters. The molecule has 0 aromatic heterocycles. The summed E-state index contributed by atoms with van der Waals surface area (Å²) in [7, 11) is -5.17. The van der Waals surface area contributed by atoms with Crippen molar-refractivity contribution in [2.24, 2.45) is 0 Å². The lowest BCUT2D eigenvalue weighted by Crippen LogP contribution is -2.33. The standard InChI is InChI=1S/C16H36P.H4O4Si.H2O/c1-5-9-13-17(14-10-6-2,15-11-7-3)16-12-8-4;1-5(2,3)4;/h5-16H2,1-4H3;1-4H;1H2/q+1;;. The lowest BCUT2D eigenvalue weighted by atomic mass is 10.4. The van der Waals surface area contributed by atoms with Gasteiger partial charge < -0.3 is 24.7 Å². The molecule has 0 bridgehead atoms. The molecule has 0 rings (SSSR count). The van der Waals surface area contributed by atoms with E-state index in [-0.39, 0.29) is 5.48 Å². The summed E-state index contributed by atoms with van der Waals surface area (Å²) < 4.78 is 0. The van der Waals surface area contributed by atoms with Gasteiger partial charge in [0, 0.05) is 7.26 Å². The Hall–Kier alpha value is 0.447. The van der Waals surface area contributed by atoms with Gasteiger partial charge in [-0.2, -0.15) is 0 Å². The molecule has 0 aliphatic carbocycles. The fraction of sp³-hybridized carbons (Fsp3) is 1.00. The zero-order valence-corrected chi connectivity index (χ0v) is 17.6. The quantitative estimate of drug-likeness (QED) is 0.311. The van der Waals surface area contributed by atoms with Gasteiger partial charge in [-0.05, 0) is 25.7 Å². The van der Waals surface area contributed by atoms with E-state index in [1.807, 2.05) is 0 Å². The Labute approximate surface area is 145 Å². The Balaban J connectivity index is -0.000000578. The van der Waals surface area contributed by atoms with E-state index in [1.165, 1.54) is 51.4 Å². The highest BCUT2D eigenvalue weighted by Gasteiger charge is 2.34. The molecule has 144 valence electrons. The number of hydrogen-bond acceptors (Lipinski definition) is 4. The van der Waals surface area contributed by atoms with Crippen molar-refractivity contribution in [3.63, 3.8) is 0 Å². The maximum Gasteiger partial charge on any atom is 0.668 e. The van der Waals surface area contributed by atoms with Crippen LogP contribution in [-0.2, 0) is 0 Å². The van der Waals surface area contributed by atoms with Crippen molar-refractivity contribution in [2.45, 2.75) is 79.1 Å². The molecule has 0 aliphatic rings. The lowest BCUT2D eigenvalue weighted by Gasteiger charge is -2.28. The Morgan fingerprint density at radius 1 is 0.565 bits per heavy atom. The topological polar surface area (TPSA) is 112 Å². The number of hydrogen-bond donors (Lipinski definition) is 4. The molecule has 0 saturated carbocycles. The maximum absolute atomic E-state index is 7.33. The van der Waals surface area contributed by atoms with Gasteiger partial charge in [0.05, 0.1) is 24.6 Å². The summed E-state index contributed by atoms with van der Waals surface area (Å²) in [6.45, 7) is 9.42. The summed E-state index contributed by atoms with van der Waals surface area (Å²) >= 11 is 0. The maximum atomic E-state index is 7.33. The van der Waals surface area contributed by atoms with Crippen LogP contribution in [-0.4, -0.2) is 58.4 Å². The first-order valence-corrected chi connectivity index (χ1v) is 13.3. The van der Waals surface area contributed by atoms with Crippen molar-refractivity contribution in [1.82, 2.24) is 0 Å². The first-order chi connectivity index (χ1) is 10.2. The highest BCUT2D eigenvalue weighted by atomic mass is 31.2. The van der Waals surface area contributed by atoms with Gasteiger partial charge >= 0.3 is 9.05 Å². The highest BCUT2D eigenvalue weighted by molar-refractivity contribution is 7.75. The average Bonchev–Trinajstić information content (AvgIpc) is 2.44. The van der Waals surface area contributed by atoms with E-state index in [0.717, 1.165) is 0 Å². The van der Waals surface area contributed by atoms with E-state index in [2.05, 4.69) is 27.7 Å². The molecule has 0 amide bonds. The number of unbranched alkanes of at least 4 members (excludes halogenated alkanes) is 4. The van der Waals surface area contributed by atoms with E-state index in [9.17, 15) is 0 Å². The molecule has 0 fully saturated rings. The second-order valence-electron chi connectivity index (χ2n) is 6.25. The van der Waals surface area contributed by atoms with Crippen molar-refractivity contribution >= 4 is 16.3 Å². The molecule has 0 aromatic carbocycles. The summed E-state index contributed by atoms with van der Waals surface area (Å²) in [6, 6.07) is 0. The summed E-state index contributed by atoms with van der Waals surface area (Å²) in [5, 5.41) is 0. The van der Waals surface area contributed by atoms with Crippen LogP contribution < -0.4 is 0 Å². The highest BCUT2D eigenvalue weighted by Crippen LogP contribution is 2.61. The van der Waals surface area contributed by atoms with Crippen LogP contribution in [0.4, 0.5) is 0 Å². The van der Waals surface area contributed by atoms with Gasteiger partial charge in [-0.15, -0.1) is 0 Å². The summed E-state index contributed by atoms with van der Waals surface area (Å²) in [4.78, 5) is 29.3. The minimum absolute atomic E-state index is 0. The van der Waals surface area contributed by atoms with Crippen molar-refractivity contribution in [2.75, 3.05) is 24.6 Å². The molecule has 7 heteroatoms. The van der Waals surface area contributed by atoms with E-state index in [4.69, 9.17) is 19.2 Å². The van der Waals surface area contributed by atoms with Crippen molar-refractivity contribution in [3.8, 4) is 0 Å². The van der Waals surface area contributed by atoms with Gasteiger partial charge in [0.2, 0.25) is 0 Å². The van der Waals surface area contributed by atoms with Crippen LogP contribution in [0.5, 0.6) is 0 Å².